The minimum absolute atomic E-state index is 0.0378. The van der Waals surface area contributed by atoms with Gasteiger partial charge >= 0.3 is 6.61 Å². The number of benzene rings is 2. The van der Waals surface area contributed by atoms with Gasteiger partial charge in [-0.2, -0.15) is 8.78 Å². The Morgan fingerprint density at radius 2 is 1.83 bits per heavy atom. The SMILES string of the molecule is Cc1c(-c2ccccc2)sc2ncn(CC(=O)c3ccc(OC(F)F)cc3)c(=O)c12. The van der Waals surface area contributed by atoms with E-state index < -0.39 is 6.61 Å². The van der Waals surface area contributed by atoms with Crippen molar-refractivity contribution < 1.29 is 18.3 Å². The second-order valence-corrected chi connectivity index (χ2v) is 7.61. The first-order chi connectivity index (χ1) is 14.4. The van der Waals surface area contributed by atoms with Crippen molar-refractivity contribution in [3.63, 3.8) is 0 Å². The molecule has 0 N–H and O–H groups in total. The smallest absolute Gasteiger partial charge is 0.387 e. The third-order valence-electron chi connectivity index (χ3n) is 4.67. The lowest BCUT2D eigenvalue weighted by Crippen LogP contribution is -2.24. The predicted molar refractivity (Wildman–Crippen MR) is 111 cm³/mol. The Morgan fingerprint density at radius 1 is 1.13 bits per heavy atom. The number of hydrogen-bond donors (Lipinski definition) is 0. The number of Topliss-reactive ketones (excluding diaryl/α,β-unsaturated/α-hetero) is 1. The molecule has 152 valence electrons. The third-order valence-corrected chi connectivity index (χ3v) is 5.92. The van der Waals surface area contributed by atoms with Crippen LogP contribution in [0.25, 0.3) is 20.7 Å². The summed E-state index contributed by atoms with van der Waals surface area (Å²) >= 11 is 1.44. The maximum absolute atomic E-state index is 13.0. The van der Waals surface area contributed by atoms with Crippen LogP contribution in [0.1, 0.15) is 15.9 Å². The summed E-state index contributed by atoms with van der Waals surface area (Å²) in [6.07, 6.45) is 1.36. The van der Waals surface area contributed by atoms with Gasteiger partial charge in [0.25, 0.3) is 5.56 Å². The van der Waals surface area contributed by atoms with Crippen LogP contribution in [0.4, 0.5) is 8.78 Å². The number of aryl methyl sites for hydroxylation is 1. The van der Waals surface area contributed by atoms with Gasteiger partial charge in [-0.3, -0.25) is 14.2 Å². The van der Waals surface area contributed by atoms with E-state index >= 15 is 0 Å². The Labute approximate surface area is 174 Å². The maximum Gasteiger partial charge on any atom is 0.387 e. The van der Waals surface area contributed by atoms with E-state index in [0.717, 1.165) is 16.0 Å². The van der Waals surface area contributed by atoms with Gasteiger partial charge in [0, 0.05) is 10.4 Å². The van der Waals surface area contributed by atoms with E-state index in [9.17, 15) is 18.4 Å². The largest absolute Gasteiger partial charge is 0.435 e. The minimum Gasteiger partial charge on any atom is -0.435 e. The molecule has 0 fully saturated rings. The molecule has 0 spiro atoms. The van der Waals surface area contributed by atoms with Crippen molar-refractivity contribution in [1.29, 1.82) is 0 Å². The summed E-state index contributed by atoms with van der Waals surface area (Å²) in [7, 11) is 0. The van der Waals surface area contributed by atoms with E-state index in [-0.39, 0.29) is 29.2 Å². The molecule has 2 aromatic heterocycles. The molecule has 0 amide bonds. The number of alkyl halides is 2. The van der Waals surface area contributed by atoms with Gasteiger partial charge in [0.15, 0.2) is 5.78 Å². The highest BCUT2D eigenvalue weighted by Crippen LogP contribution is 2.35. The predicted octanol–water partition coefficient (Wildman–Crippen LogP) is 4.92. The Bertz CT molecular complexity index is 1270. The molecule has 5 nitrogen and oxygen atoms in total. The highest BCUT2D eigenvalue weighted by Gasteiger charge is 2.17. The van der Waals surface area contributed by atoms with E-state index in [0.29, 0.717) is 10.2 Å². The van der Waals surface area contributed by atoms with Crippen molar-refractivity contribution in [2.24, 2.45) is 0 Å². The van der Waals surface area contributed by atoms with Crippen molar-refractivity contribution in [3.05, 3.63) is 82.4 Å². The van der Waals surface area contributed by atoms with Gasteiger partial charge in [-0.1, -0.05) is 30.3 Å². The molecule has 2 heterocycles. The highest BCUT2D eigenvalue weighted by molar-refractivity contribution is 7.22. The van der Waals surface area contributed by atoms with Crippen molar-refractivity contribution in [1.82, 2.24) is 9.55 Å². The number of halogens is 2. The first-order valence-corrected chi connectivity index (χ1v) is 9.87. The topological polar surface area (TPSA) is 61.2 Å². The summed E-state index contributed by atoms with van der Waals surface area (Å²) in [5.41, 5.74) is 1.83. The molecular formula is C22H16F2N2O3S. The quantitative estimate of drug-likeness (QED) is 0.411. The van der Waals surface area contributed by atoms with Crippen LogP contribution >= 0.6 is 11.3 Å². The number of fused-ring (bicyclic) bond motifs is 1. The zero-order chi connectivity index (χ0) is 21.3. The molecule has 4 aromatic rings. The van der Waals surface area contributed by atoms with Crippen LogP contribution in [0.15, 0.2) is 65.7 Å². The molecule has 0 unspecified atom stereocenters. The van der Waals surface area contributed by atoms with Gasteiger partial charge < -0.3 is 4.74 Å². The summed E-state index contributed by atoms with van der Waals surface area (Å²) in [6, 6.07) is 15.1. The summed E-state index contributed by atoms with van der Waals surface area (Å²) < 4.78 is 30.0. The molecule has 2 aromatic carbocycles. The molecule has 4 rings (SSSR count). The highest BCUT2D eigenvalue weighted by atomic mass is 32.1. The van der Waals surface area contributed by atoms with Crippen molar-refractivity contribution in [3.8, 4) is 16.2 Å². The van der Waals surface area contributed by atoms with Crippen molar-refractivity contribution in [2.75, 3.05) is 0 Å². The number of rotatable bonds is 6. The fourth-order valence-electron chi connectivity index (χ4n) is 3.20. The third kappa shape index (κ3) is 3.86. The van der Waals surface area contributed by atoms with Gasteiger partial charge in [0.2, 0.25) is 0 Å². The number of carbonyl (C=O) groups excluding carboxylic acids is 1. The lowest BCUT2D eigenvalue weighted by molar-refractivity contribution is -0.0498. The first kappa shape index (κ1) is 19.9. The van der Waals surface area contributed by atoms with Gasteiger partial charge in [-0.25, -0.2) is 4.98 Å². The number of thiophene rings is 1. The second-order valence-electron chi connectivity index (χ2n) is 6.61. The van der Waals surface area contributed by atoms with Crippen LogP contribution in [0.3, 0.4) is 0 Å². The van der Waals surface area contributed by atoms with Gasteiger partial charge in [-0.05, 0) is 42.3 Å². The van der Waals surface area contributed by atoms with Gasteiger partial charge in [0.1, 0.15) is 10.6 Å². The number of nitrogens with zero attached hydrogens (tertiary/aromatic N) is 2. The van der Waals surface area contributed by atoms with Crippen molar-refractivity contribution >= 4 is 27.3 Å². The van der Waals surface area contributed by atoms with Crippen LogP contribution in [0.5, 0.6) is 5.75 Å². The number of aromatic nitrogens is 2. The van der Waals surface area contributed by atoms with Crippen LogP contribution in [0.2, 0.25) is 0 Å². The van der Waals surface area contributed by atoms with Crippen molar-refractivity contribution in [2.45, 2.75) is 20.1 Å². The molecule has 0 aliphatic carbocycles. The zero-order valence-corrected chi connectivity index (χ0v) is 16.7. The number of ketones is 1. The Balaban J connectivity index is 1.63. The molecule has 0 radical (unpaired) electrons. The Kier molecular flexibility index (Phi) is 5.41. The average molecular weight is 426 g/mol. The number of ether oxygens (including phenoxy) is 1. The standard InChI is InChI=1S/C22H16F2N2O3S/c1-13-18-20(30-19(13)15-5-3-2-4-6-15)25-12-26(21(18)28)11-17(27)14-7-9-16(10-8-14)29-22(23)24/h2-10,12,22H,11H2,1H3. The molecule has 0 saturated carbocycles. The first-order valence-electron chi connectivity index (χ1n) is 9.06. The van der Waals surface area contributed by atoms with E-state index in [1.165, 1.54) is 46.5 Å². The Hall–Kier alpha value is -3.39. The molecule has 30 heavy (non-hydrogen) atoms. The molecule has 0 aliphatic rings. The zero-order valence-electron chi connectivity index (χ0n) is 15.8. The summed E-state index contributed by atoms with van der Waals surface area (Å²) in [5.74, 6) is -0.373. The van der Waals surface area contributed by atoms with Crippen LogP contribution in [-0.4, -0.2) is 21.9 Å². The lowest BCUT2D eigenvalue weighted by Gasteiger charge is -2.07. The fraction of sp³-hybridized carbons (Fsp3) is 0.136. The molecule has 0 aliphatic heterocycles. The minimum atomic E-state index is -2.93. The van der Waals surface area contributed by atoms with Gasteiger partial charge in [0.05, 0.1) is 18.3 Å². The van der Waals surface area contributed by atoms with Crippen LogP contribution in [-0.2, 0) is 6.54 Å². The summed E-state index contributed by atoms with van der Waals surface area (Å²) in [4.78, 5) is 31.5. The molecular weight excluding hydrogens is 410 g/mol. The second kappa shape index (κ2) is 8.16. The number of carbonyl (C=O) groups is 1. The maximum atomic E-state index is 13.0. The number of hydrogen-bond acceptors (Lipinski definition) is 5. The van der Waals surface area contributed by atoms with E-state index in [2.05, 4.69) is 9.72 Å². The average Bonchev–Trinajstić information content (AvgIpc) is 3.08. The van der Waals surface area contributed by atoms with E-state index in [4.69, 9.17) is 0 Å². The molecule has 8 heteroatoms. The Morgan fingerprint density at radius 3 is 2.50 bits per heavy atom. The van der Waals surface area contributed by atoms with Crippen LogP contribution in [0, 0.1) is 6.92 Å². The fourth-order valence-corrected chi connectivity index (χ4v) is 4.35. The van der Waals surface area contributed by atoms with E-state index in [1.54, 1.807) is 0 Å². The lowest BCUT2D eigenvalue weighted by atomic mass is 10.1. The summed E-state index contributed by atoms with van der Waals surface area (Å²) in [5, 5.41) is 0.495. The van der Waals surface area contributed by atoms with Gasteiger partial charge in [-0.15, -0.1) is 11.3 Å². The van der Waals surface area contributed by atoms with Crippen LogP contribution < -0.4 is 10.3 Å². The normalized spacial score (nSPS) is 11.2. The summed E-state index contributed by atoms with van der Waals surface area (Å²) in [6.45, 7) is -1.26. The van der Waals surface area contributed by atoms with E-state index in [1.807, 2.05) is 37.3 Å². The molecule has 0 saturated heterocycles. The molecule has 0 bridgehead atoms. The monoisotopic (exact) mass is 426 g/mol. The molecule has 0 atom stereocenters.